The van der Waals surface area contributed by atoms with E-state index in [-0.39, 0.29) is 17.4 Å². The van der Waals surface area contributed by atoms with Crippen LogP contribution in [0.15, 0.2) is 24.3 Å². The Hall–Kier alpha value is -3.09. The van der Waals surface area contributed by atoms with Gasteiger partial charge in [-0.3, -0.25) is 9.59 Å². The first kappa shape index (κ1) is 24.6. The van der Waals surface area contributed by atoms with E-state index in [4.69, 9.17) is 9.47 Å². The van der Waals surface area contributed by atoms with Crippen molar-refractivity contribution >= 4 is 17.7 Å². The molecule has 0 bridgehead atoms. The average Bonchev–Trinajstić information content (AvgIpc) is 3.15. The number of methoxy groups -OCH3 is 2. The van der Waals surface area contributed by atoms with Crippen LogP contribution >= 0.6 is 0 Å². The number of Topliss-reactive ketones (excluding diaryl/α,β-unsaturated/α-hetero) is 1. The van der Waals surface area contributed by atoms with Crippen LogP contribution in [0.3, 0.4) is 0 Å². The van der Waals surface area contributed by atoms with Gasteiger partial charge in [0.1, 0.15) is 11.4 Å². The Morgan fingerprint density at radius 2 is 1.70 bits per heavy atom. The van der Waals surface area contributed by atoms with Gasteiger partial charge in [-0.05, 0) is 69.4 Å². The number of nitrogens with zero attached hydrogens (tertiary/aromatic N) is 1. The maximum atomic E-state index is 13.6. The van der Waals surface area contributed by atoms with Crippen molar-refractivity contribution in [2.75, 3.05) is 20.8 Å². The van der Waals surface area contributed by atoms with Gasteiger partial charge in [0, 0.05) is 23.4 Å². The molecular formula is C26H34N2O5. The number of hydrogen-bond acceptors (Lipinski definition) is 5. The highest BCUT2D eigenvalue weighted by molar-refractivity contribution is 6.07. The number of ketones is 1. The molecule has 0 aliphatic heterocycles. The van der Waals surface area contributed by atoms with Gasteiger partial charge in [0.25, 0.3) is 5.91 Å². The Labute approximate surface area is 195 Å². The number of nitrogens with one attached hydrogen (secondary N) is 1. The minimum Gasteiger partial charge on any atom is -0.497 e. The molecule has 33 heavy (non-hydrogen) atoms. The number of carbonyl (C=O) groups excluding carboxylic acids is 3. The fourth-order valence-corrected chi connectivity index (χ4v) is 4.74. The number of carbonyl (C=O) groups is 3. The van der Waals surface area contributed by atoms with E-state index in [1.807, 2.05) is 0 Å². The topological polar surface area (TPSA) is 88.7 Å². The fraction of sp³-hybridized carbons (Fsp3) is 0.500. The van der Waals surface area contributed by atoms with Gasteiger partial charge in [0.05, 0.1) is 20.3 Å². The number of amides is 1. The SMILES string of the molecule is COC(=O)c1[nH]c(C)c(C(=O)[C@H](C)N(CC2CCCCC2)C(=O)c2ccc(OC)cc2)c1C. The summed E-state index contributed by atoms with van der Waals surface area (Å²) in [5, 5.41) is 0. The molecule has 2 aromatic rings. The second kappa shape index (κ2) is 10.7. The second-order valence-electron chi connectivity index (χ2n) is 8.85. The molecule has 1 aliphatic rings. The summed E-state index contributed by atoms with van der Waals surface area (Å²) in [7, 11) is 2.89. The van der Waals surface area contributed by atoms with Crippen LogP contribution in [0.4, 0.5) is 0 Å². The molecule has 1 heterocycles. The van der Waals surface area contributed by atoms with Crippen LogP contribution in [0.2, 0.25) is 0 Å². The summed E-state index contributed by atoms with van der Waals surface area (Å²) >= 11 is 0. The predicted molar refractivity (Wildman–Crippen MR) is 126 cm³/mol. The maximum absolute atomic E-state index is 13.6. The summed E-state index contributed by atoms with van der Waals surface area (Å²) in [4.78, 5) is 44.0. The van der Waals surface area contributed by atoms with E-state index in [9.17, 15) is 14.4 Å². The molecule has 7 heteroatoms. The average molecular weight is 455 g/mol. The van der Waals surface area contributed by atoms with Gasteiger partial charge >= 0.3 is 5.97 Å². The summed E-state index contributed by atoms with van der Waals surface area (Å²) in [5.41, 5.74) is 2.37. The third kappa shape index (κ3) is 5.29. The number of aromatic amines is 1. The van der Waals surface area contributed by atoms with Gasteiger partial charge < -0.3 is 19.4 Å². The number of aryl methyl sites for hydroxylation is 1. The van der Waals surface area contributed by atoms with Crippen LogP contribution in [0.1, 0.15) is 81.5 Å². The fourth-order valence-electron chi connectivity index (χ4n) is 4.74. The van der Waals surface area contributed by atoms with E-state index in [1.54, 1.807) is 57.0 Å². The first-order chi connectivity index (χ1) is 15.8. The number of H-pyrrole nitrogens is 1. The number of aromatic nitrogens is 1. The van der Waals surface area contributed by atoms with E-state index < -0.39 is 12.0 Å². The molecule has 1 fully saturated rings. The zero-order valence-corrected chi connectivity index (χ0v) is 20.2. The largest absolute Gasteiger partial charge is 0.497 e. The van der Waals surface area contributed by atoms with Crippen LogP contribution in [-0.2, 0) is 4.74 Å². The molecular weight excluding hydrogens is 420 g/mol. The molecule has 1 amide bonds. The molecule has 1 N–H and O–H groups in total. The van der Waals surface area contributed by atoms with Crippen LogP contribution in [0, 0.1) is 19.8 Å². The van der Waals surface area contributed by atoms with E-state index in [0.29, 0.717) is 40.6 Å². The Balaban J connectivity index is 1.93. The summed E-state index contributed by atoms with van der Waals surface area (Å²) in [5.74, 6) is 0.159. The highest BCUT2D eigenvalue weighted by Gasteiger charge is 2.33. The molecule has 1 atom stereocenters. The molecule has 7 nitrogen and oxygen atoms in total. The Morgan fingerprint density at radius 1 is 1.06 bits per heavy atom. The lowest BCUT2D eigenvalue weighted by Gasteiger charge is -2.33. The number of rotatable bonds is 8. The van der Waals surface area contributed by atoms with E-state index in [1.165, 1.54) is 13.5 Å². The highest BCUT2D eigenvalue weighted by Crippen LogP contribution is 2.28. The van der Waals surface area contributed by atoms with Crippen LogP contribution in [0.25, 0.3) is 0 Å². The first-order valence-electron chi connectivity index (χ1n) is 11.5. The molecule has 0 unspecified atom stereocenters. The summed E-state index contributed by atoms with van der Waals surface area (Å²) < 4.78 is 10.0. The minimum atomic E-state index is -0.680. The molecule has 1 aliphatic carbocycles. The van der Waals surface area contributed by atoms with Crippen molar-refractivity contribution in [1.29, 1.82) is 0 Å². The lowest BCUT2D eigenvalue weighted by molar-refractivity contribution is 0.0577. The van der Waals surface area contributed by atoms with Gasteiger partial charge in [0.15, 0.2) is 5.78 Å². The molecule has 0 saturated heterocycles. The van der Waals surface area contributed by atoms with E-state index in [0.717, 1.165) is 25.7 Å². The van der Waals surface area contributed by atoms with E-state index >= 15 is 0 Å². The van der Waals surface area contributed by atoms with Gasteiger partial charge in [-0.15, -0.1) is 0 Å². The zero-order chi connectivity index (χ0) is 24.1. The predicted octanol–water partition coefficient (Wildman–Crippen LogP) is 4.72. The number of ether oxygens (including phenoxy) is 2. The summed E-state index contributed by atoms with van der Waals surface area (Å²) in [6.07, 6.45) is 5.63. The number of hydrogen-bond donors (Lipinski definition) is 1. The lowest BCUT2D eigenvalue weighted by atomic mass is 9.88. The van der Waals surface area contributed by atoms with Crippen molar-refractivity contribution in [1.82, 2.24) is 9.88 Å². The molecule has 178 valence electrons. The quantitative estimate of drug-likeness (QED) is 0.461. The van der Waals surface area contributed by atoms with Crippen molar-refractivity contribution in [2.45, 2.75) is 58.9 Å². The van der Waals surface area contributed by atoms with Crippen LogP contribution < -0.4 is 4.74 Å². The standard InChI is InChI=1S/C26H34N2O5/c1-16-22(17(2)27-23(16)26(31)33-5)24(29)18(3)28(15-19-9-7-6-8-10-19)25(30)20-11-13-21(32-4)14-12-20/h11-14,18-19,27H,6-10,15H2,1-5H3/t18-/m0/s1. The Bertz CT molecular complexity index is 1000. The minimum absolute atomic E-state index is 0.178. The van der Waals surface area contributed by atoms with Gasteiger partial charge in [-0.1, -0.05) is 19.3 Å². The molecule has 1 aromatic carbocycles. The monoisotopic (exact) mass is 454 g/mol. The molecule has 1 aromatic heterocycles. The summed E-state index contributed by atoms with van der Waals surface area (Å²) in [6.45, 7) is 5.79. The van der Waals surface area contributed by atoms with Crippen molar-refractivity contribution < 1.29 is 23.9 Å². The normalized spacial score (nSPS) is 15.1. The first-order valence-corrected chi connectivity index (χ1v) is 11.5. The molecule has 0 spiro atoms. The highest BCUT2D eigenvalue weighted by atomic mass is 16.5. The molecule has 1 saturated carbocycles. The smallest absolute Gasteiger partial charge is 0.354 e. The number of benzene rings is 1. The zero-order valence-electron chi connectivity index (χ0n) is 20.2. The lowest BCUT2D eigenvalue weighted by Crippen LogP contribution is -2.46. The third-order valence-corrected chi connectivity index (χ3v) is 6.70. The van der Waals surface area contributed by atoms with E-state index in [2.05, 4.69) is 4.98 Å². The summed E-state index contributed by atoms with van der Waals surface area (Å²) in [6, 6.07) is 6.28. The number of esters is 1. The van der Waals surface area contributed by atoms with Crippen molar-refractivity contribution in [2.24, 2.45) is 5.92 Å². The molecule has 0 radical (unpaired) electrons. The van der Waals surface area contributed by atoms with Crippen molar-refractivity contribution in [3.8, 4) is 5.75 Å². The molecule has 3 rings (SSSR count). The van der Waals surface area contributed by atoms with Crippen molar-refractivity contribution in [3.05, 3.63) is 52.3 Å². The second-order valence-corrected chi connectivity index (χ2v) is 8.85. The van der Waals surface area contributed by atoms with Gasteiger partial charge in [-0.25, -0.2) is 4.79 Å². The van der Waals surface area contributed by atoms with Gasteiger partial charge in [0.2, 0.25) is 0 Å². The van der Waals surface area contributed by atoms with Gasteiger partial charge in [-0.2, -0.15) is 0 Å². The third-order valence-electron chi connectivity index (χ3n) is 6.70. The Kier molecular flexibility index (Phi) is 7.95. The van der Waals surface area contributed by atoms with Crippen molar-refractivity contribution in [3.63, 3.8) is 0 Å². The van der Waals surface area contributed by atoms with Crippen LogP contribution in [0.5, 0.6) is 5.75 Å². The Morgan fingerprint density at radius 3 is 2.27 bits per heavy atom. The maximum Gasteiger partial charge on any atom is 0.354 e. The van der Waals surface area contributed by atoms with Crippen LogP contribution in [-0.4, -0.2) is 54.3 Å².